The molecule has 0 bridgehead atoms. The molecule has 1 unspecified atom stereocenters. The molecule has 0 radical (unpaired) electrons. The summed E-state index contributed by atoms with van der Waals surface area (Å²) in [7, 11) is 4.16. The number of hydrogen-bond acceptors (Lipinski definition) is 5. The van der Waals surface area contributed by atoms with E-state index in [2.05, 4.69) is 9.47 Å². The molecule has 0 spiro atoms. The minimum absolute atomic E-state index is 0.367. The molecule has 1 fully saturated rings. The van der Waals surface area contributed by atoms with Crippen LogP contribution in [0.1, 0.15) is 0 Å². The molecule has 12 heavy (non-hydrogen) atoms. The van der Waals surface area contributed by atoms with Crippen LogP contribution in [0.15, 0.2) is 0 Å². The summed E-state index contributed by atoms with van der Waals surface area (Å²) in [6, 6.07) is 0. The van der Waals surface area contributed by atoms with Crippen molar-refractivity contribution in [3.05, 3.63) is 0 Å². The van der Waals surface area contributed by atoms with Crippen LogP contribution >= 0.6 is 0 Å². The predicted octanol–water partition coefficient (Wildman–Crippen LogP) is -0.983. The maximum Gasteiger partial charge on any atom is 0.339 e. The molecule has 68 valence electrons. The van der Waals surface area contributed by atoms with Gasteiger partial charge < -0.3 is 9.47 Å². The normalized spacial score (nSPS) is 24.4. The highest BCUT2D eigenvalue weighted by molar-refractivity contribution is 6.08. The Hall–Kier alpha value is -1.10. The average Bonchev–Trinajstić information content (AvgIpc) is 2.76. The van der Waals surface area contributed by atoms with Crippen LogP contribution in [0, 0.1) is 0 Å². The van der Waals surface area contributed by atoms with Crippen molar-refractivity contribution >= 4 is 11.9 Å². The van der Waals surface area contributed by atoms with Crippen LogP contribution in [-0.4, -0.2) is 50.2 Å². The molecule has 1 rings (SSSR count). The van der Waals surface area contributed by atoms with Gasteiger partial charge in [0.1, 0.15) is 0 Å². The van der Waals surface area contributed by atoms with Crippen molar-refractivity contribution in [1.29, 1.82) is 0 Å². The molecule has 0 amide bonds. The van der Waals surface area contributed by atoms with Crippen molar-refractivity contribution in [3.8, 4) is 0 Å². The van der Waals surface area contributed by atoms with Crippen molar-refractivity contribution in [3.63, 3.8) is 0 Å². The summed E-state index contributed by atoms with van der Waals surface area (Å²) in [6.07, 6.45) is 0. The Balaban J connectivity index is 2.79. The second-order valence-electron chi connectivity index (χ2n) is 2.70. The van der Waals surface area contributed by atoms with E-state index in [4.69, 9.17) is 0 Å². The fourth-order valence-electron chi connectivity index (χ4n) is 1.17. The number of esters is 2. The summed E-state index contributed by atoms with van der Waals surface area (Å²) in [5, 5.41) is 0. The monoisotopic (exact) mass is 173 g/mol. The summed E-state index contributed by atoms with van der Waals surface area (Å²) in [5.74, 6) is -1.12. The van der Waals surface area contributed by atoms with Crippen LogP contribution in [0.2, 0.25) is 0 Å². The van der Waals surface area contributed by atoms with Crippen LogP contribution in [0.25, 0.3) is 0 Å². The van der Waals surface area contributed by atoms with E-state index in [1.807, 2.05) is 0 Å². The fourth-order valence-corrected chi connectivity index (χ4v) is 1.17. The third kappa shape index (κ3) is 0.972. The maximum atomic E-state index is 11.1. The van der Waals surface area contributed by atoms with E-state index in [1.54, 1.807) is 11.9 Å². The van der Waals surface area contributed by atoms with Gasteiger partial charge in [0, 0.05) is 6.54 Å². The first-order chi connectivity index (χ1) is 5.59. The molecule has 0 aromatic rings. The van der Waals surface area contributed by atoms with E-state index >= 15 is 0 Å². The SMILES string of the molecule is COC(=O)C1(C(=O)OC)CN1C. The molecule has 1 aliphatic heterocycles. The Morgan fingerprint density at radius 1 is 1.25 bits per heavy atom. The first-order valence-electron chi connectivity index (χ1n) is 3.47. The lowest BCUT2D eigenvalue weighted by molar-refractivity contribution is -0.157. The van der Waals surface area contributed by atoms with Crippen molar-refractivity contribution in [2.75, 3.05) is 27.8 Å². The lowest BCUT2D eigenvalue weighted by atomic mass is 10.1. The topological polar surface area (TPSA) is 55.6 Å². The molecule has 0 aromatic carbocycles. The van der Waals surface area contributed by atoms with Crippen LogP contribution in [-0.2, 0) is 19.1 Å². The van der Waals surface area contributed by atoms with Gasteiger partial charge >= 0.3 is 11.9 Å². The van der Waals surface area contributed by atoms with E-state index in [0.717, 1.165) is 0 Å². The van der Waals surface area contributed by atoms with Crippen LogP contribution in [0.5, 0.6) is 0 Å². The second kappa shape index (κ2) is 2.75. The summed E-state index contributed by atoms with van der Waals surface area (Å²) in [5.41, 5.74) is -1.16. The number of carbonyl (C=O) groups excluding carboxylic acids is 2. The van der Waals surface area contributed by atoms with Gasteiger partial charge in [-0.1, -0.05) is 0 Å². The van der Waals surface area contributed by atoms with Gasteiger partial charge in [0.05, 0.1) is 14.2 Å². The molecule has 1 aliphatic rings. The smallest absolute Gasteiger partial charge is 0.339 e. The number of methoxy groups -OCH3 is 2. The number of hydrogen-bond donors (Lipinski definition) is 0. The van der Waals surface area contributed by atoms with E-state index in [1.165, 1.54) is 14.2 Å². The highest BCUT2D eigenvalue weighted by Crippen LogP contribution is 2.32. The number of carbonyl (C=O) groups is 2. The molecule has 0 N–H and O–H groups in total. The average molecular weight is 173 g/mol. The van der Waals surface area contributed by atoms with Gasteiger partial charge in [0.25, 0.3) is 0 Å². The van der Waals surface area contributed by atoms with Gasteiger partial charge in [-0.3, -0.25) is 4.90 Å². The lowest BCUT2D eigenvalue weighted by Crippen LogP contribution is -2.39. The molecule has 1 atom stereocenters. The molecule has 1 heterocycles. The Labute approximate surface area is 70.2 Å². The lowest BCUT2D eigenvalue weighted by Gasteiger charge is -2.09. The van der Waals surface area contributed by atoms with Crippen LogP contribution in [0.4, 0.5) is 0 Å². The van der Waals surface area contributed by atoms with E-state index in [0.29, 0.717) is 6.54 Å². The summed E-state index contributed by atoms with van der Waals surface area (Å²) >= 11 is 0. The van der Waals surface area contributed by atoms with Crippen molar-refractivity contribution in [2.45, 2.75) is 5.54 Å². The second-order valence-corrected chi connectivity index (χ2v) is 2.70. The molecular formula is C7H11NO4. The summed E-state index contributed by atoms with van der Waals surface area (Å²) in [6.45, 7) is 0.367. The summed E-state index contributed by atoms with van der Waals surface area (Å²) < 4.78 is 8.98. The van der Waals surface area contributed by atoms with Crippen molar-refractivity contribution < 1.29 is 19.1 Å². The molecular weight excluding hydrogens is 162 g/mol. The van der Waals surface area contributed by atoms with Crippen LogP contribution < -0.4 is 0 Å². The Bertz CT molecular complexity index is 209. The van der Waals surface area contributed by atoms with E-state index in [-0.39, 0.29) is 0 Å². The maximum absolute atomic E-state index is 11.1. The van der Waals surface area contributed by atoms with E-state index < -0.39 is 17.5 Å². The zero-order valence-corrected chi connectivity index (χ0v) is 7.29. The van der Waals surface area contributed by atoms with Gasteiger partial charge in [-0.05, 0) is 7.05 Å². The first kappa shape index (κ1) is 8.99. The molecule has 5 heteroatoms. The van der Waals surface area contributed by atoms with Crippen molar-refractivity contribution in [1.82, 2.24) is 4.90 Å². The standard InChI is InChI=1S/C7H11NO4/c1-8-4-7(8,5(9)11-2)6(10)12-3/h4H2,1-3H3. The van der Waals surface area contributed by atoms with Crippen LogP contribution in [0.3, 0.4) is 0 Å². The number of likely N-dealkylation sites (N-methyl/N-ethyl adjacent to an activating group) is 1. The minimum atomic E-state index is -1.16. The van der Waals surface area contributed by atoms with Crippen molar-refractivity contribution in [2.24, 2.45) is 0 Å². The Kier molecular flexibility index (Phi) is 2.06. The van der Waals surface area contributed by atoms with E-state index in [9.17, 15) is 9.59 Å². The third-order valence-corrected chi connectivity index (χ3v) is 2.06. The van der Waals surface area contributed by atoms with Gasteiger partial charge in [-0.15, -0.1) is 0 Å². The van der Waals surface area contributed by atoms with Gasteiger partial charge in [-0.25, -0.2) is 9.59 Å². The quantitative estimate of drug-likeness (QED) is 0.305. The highest BCUT2D eigenvalue weighted by atomic mass is 16.6. The Morgan fingerprint density at radius 3 is 1.75 bits per heavy atom. The molecule has 5 nitrogen and oxygen atoms in total. The number of nitrogens with zero attached hydrogens (tertiary/aromatic N) is 1. The zero-order valence-electron chi connectivity index (χ0n) is 7.29. The van der Waals surface area contributed by atoms with Gasteiger partial charge in [0.15, 0.2) is 0 Å². The molecule has 0 aliphatic carbocycles. The zero-order chi connectivity index (χ0) is 9.35. The molecule has 0 aromatic heterocycles. The van der Waals surface area contributed by atoms with Gasteiger partial charge in [-0.2, -0.15) is 0 Å². The third-order valence-electron chi connectivity index (χ3n) is 2.06. The number of ether oxygens (including phenoxy) is 2. The first-order valence-corrected chi connectivity index (χ1v) is 3.47. The fraction of sp³-hybridized carbons (Fsp3) is 0.714. The summed E-state index contributed by atoms with van der Waals surface area (Å²) in [4.78, 5) is 23.9. The minimum Gasteiger partial charge on any atom is -0.467 e. The Morgan fingerprint density at radius 2 is 1.58 bits per heavy atom. The highest BCUT2D eigenvalue weighted by Gasteiger charge is 2.64. The molecule has 1 saturated heterocycles. The predicted molar refractivity (Wildman–Crippen MR) is 39.4 cm³/mol. The molecule has 0 saturated carbocycles. The number of rotatable bonds is 2. The largest absolute Gasteiger partial charge is 0.467 e. The van der Waals surface area contributed by atoms with Gasteiger partial charge in [0.2, 0.25) is 5.54 Å².